The summed E-state index contributed by atoms with van der Waals surface area (Å²) >= 11 is 0. The number of carbonyl (C=O) groups excluding carboxylic acids is 2. The molecule has 1 aliphatic heterocycles. The third kappa shape index (κ3) is 3.25. The first-order valence-electron chi connectivity index (χ1n) is 9.12. The number of aromatic nitrogens is 2. The molecule has 0 N–H and O–H groups in total. The highest BCUT2D eigenvalue weighted by Gasteiger charge is 2.31. The first-order chi connectivity index (χ1) is 12.1. The van der Waals surface area contributed by atoms with Crippen molar-refractivity contribution in [1.29, 1.82) is 0 Å². The Balaban J connectivity index is 1.54. The van der Waals surface area contributed by atoms with Crippen molar-refractivity contribution >= 4 is 22.8 Å². The van der Waals surface area contributed by atoms with Crippen LogP contribution in [0.1, 0.15) is 37.9 Å². The second-order valence-corrected chi connectivity index (χ2v) is 7.06. The van der Waals surface area contributed by atoms with Gasteiger partial charge in [-0.25, -0.2) is 4.98 Å². The third-order valence-corrected chi connectivity index (χ3v) is 5.21. The average molecular weight is 340 g/mol. The topological polar surface area (TPSA) is 58.4 Å². The van der Waals surface area contributed by atoms with E-state index in [2.05, 4.69) is 4.57 Å². The fourth-order valence-electron chi connectivity index (χ4n) is 3.63. The summed E-state index contributed by atoms with van der Waals surface area (Å²) in [7, 11) is 0. The molecule has 0 atom stereocenters. The zero-order valence-corrected chi connectivity index (χ0v) is 14.6. The number of hydrogen-bond donors (Lipinski definition) is 0. The molecule has 0 spiro atoms. The van der Waals surface area contributed by atoms with Gasteiger partial charge in [0.05, 0.1) is 11.0 Å². The Morgan fingerprint density at radius 2 is 1.80 bits per heavy atom. The highest BCUT2D eigenvalue weighted by Crippen LogP contribution is 2.40. The second-order valence-electron chi connectivity index (χ2n) is 7.06. The molecule has 1 aromatic carbocycles. The van der Waals surface area contributed by atoms with Gasteiger partial charge in [0.15, 0.2) is 0 Å². The Morgan fingerprint density at radius 3 is 2.56 bits per heavy atom. The summed E-state index contributed by atoms with van der Waals surface area (Å²) in [6.07, 6.45) is 3.16. The van der Waals surface area contributed by atoms with E-state index in [1.54, 1.807) is 6.92 Å². The monoisotopic (exact) mass is 340 g/mol. The van der Waals surface area contributed by atoms with Crippen molar-refractivity contribution in [3.05, 3.63) is 30.1 Å². The van der Waals surface area contributed by atoms with Crippen LogP contribution in [0.4, 0.5) is 0 Å². The van der Waals surface area contributed by atoms with Gasteiger partial charge in [-0.3, -0.25) is 9.59 Å². The molecule has 1 saturated carbocycles. The van der Waals surface area contributed by atoms with Crippen LogP contribution in [0.3, 0.4) is 0 Å². The summed E-state index contributed by atoms with van der Waals surface area (Å²) in [6, 6.07) is 8.04. The largest absolute Gasteiger partial charge is 0.341 e. The van der Waals surface area contributed by atoms with E-state index in [0.29, 0.717) is 32.1 Å². The van der Waals surface area contributed by atoms with Crippen LogP contribution < -0.4 is 0 Å². The number of fused-ring (bicyclic) bond motifs is 1. The lowest BCUT2D eigenvalue weighted by atomic mass is 10.3. The molecule has 1 aliphatic carbocycles. The Labute approximate surface area is 147 Å². The predicted octanol–water partition coefficient (Wildman–Crippen LogP) is 1.99. The summed E-state index contributed by atoms with van der Waals surface area (Å²) in [5.74, 6) is 1.76. The molecule has 0 radical (unpaired) electrons. The molecule has 25 heavy (non-hydrogen) atoms. The van der Waals surface area contributed by atoms with Crippen molar-refractivity contribution in [2.24, 2.45) is 0 Å². The quantitative estimate of drug-likeness (QED) is 0.859. The zero-order valence-electron chi connectivity index (χ0n) is 14.6. The van der Waals surface area contributed by atoms with Gasteiger partial charge in [0.1, 0.15) is 12.4 Å². The normalized spacial score (nSPS) is 18.4. The fourth-order valence-corrected chi connectivity index (χ4v) is 3.63. The van der Waals surface area contributed by atoms with E-state index in [1.165, 1.54) is 0 Å². The van der Waals surface area contributed by atoms with Gasteiger partial charge in [0.2, 0.25) is 11.8 Å². The molecule has 6 nitrogen and oxygen atoms in total. The van der Waals surface area contributed by atoms with Crippen LogP contribution in [0.2, 0.25) is 0 Å². The summed E-state index contributed by atoms with van der Waals surface area (Å²) in [5, 5.41) is 0. The van der Waals surface area contributed by atoms with E-state index in [0.717, 1.165) is 42.7 Å². The second kappa shape index (κ2) is 6.50. The number of para-hydroxylation sites is 2. The average Bonchev–Trinajstić information content (AvgIpc) is 3.41. The molecular weight excluding hydrogens is 316 g/mol. The van der Waals surface area contributed by atoms with E-state index in [4.69, 9.17) is 4.98 Å². The van der Waals surface area contributed by atoms with Gasteiger partial charge in [-0.05, 0) is 31.4 Å². The van der Waals surface area contributed by atoms with E-state index in [-0.39, 0.29) is 11.8 Å². The summed E-state index contributed by atoms with van der Waals surface area (Å²) in [4.78, 5) is 33.0. The summed E-state index contributed by atoms with van der Waals surface area (Å²) in [5.41, 5.74) is 2.01. The maximum atomic E-state index is 12.9. The van der Waals surface area contributed by atoms with Gasteiger partial charge < -0.3 is 14.4 Å². The molecular formula is C19H24N4O2. The van der Waals surface area contributed by atoms with Crippen molar-refractivity contribution in [1.82, 2.24) is 19.4 Å². The molecule has 2 heterocycles. The van der Waals surface area contributed by atoms with Crippen molar-refractivity contribution in [3.63, 3.8) is 0 Å². The highest BCUT2D eigenvalue weighted by molar-refractivity contribution is 5.81. The van der Waals surface area contributed by atoms with E-state index < -0.39 is 0 Å². The third-order valence-electron chi connectivity index (χ3n) is 5.21. The summed E-state index contributed by atoms with van der Waals surface area (Å²) < 4.78 is 2.10. The van der Waals surface area contributed by atoms with E-state index in [9.17, 15) is 9.59 Å². The Kier molecular flexibility index (Phi) is 4.19. The Hall–Kier alpha value is -2.37. The summed E-state index contributed by atoms with van der Waals surface area (Å²) in [6.45, 7) is 4.63. The maximum Gasteiger partial charge on any atom is 0.242 e. The highest BCUT2D eigenvalue weighted by atomic mass is 16.2. The number of hydrogen-bond acceptors (Lipinski definition) is 3. The van der Waals surface area contributed by atoms with Crippen LogP contribution in [-0.4, -0.2) is 57.3 Å². The van der Waals surface area contributed by atoms with Gasteiger partial charge in [-0.2, -0.15) is 0 Å². The number of nitrogens with zero attached hydrogens (tertiary/aromatic N) is 4. The first-order valence-corrected chi connectivity index (χ1v) is 9.12. The minimum Gasteiger partial charge on any atom is -0.341 e. The molecule has 6 heteroatoms. The van der Waals surface area contributed by atoms with Crippen molar-refractivity contribution in [2.45, 2.75) is 38.6 Å². The Bertz CT molecular complexity index is 809. The fraction of sp³-hybridized carbons (Fsp3) is 0.526. The predicted molar refractivity (Wildman–Crippen MR) is 95.2 cm³/mol. The molecule has 1 saturated heterocycles. The van der Waals surface area contributed by atoms with Crippen molar-refractivity contribution in [2.75, 3.05) is 26.2 Å². The van der Waals surface area contributed by atoms with Gasteiger partial charge in [-0.1, -0.05) is 12.1 Å². The lowest BCUT2D eigenvalue weighted by molar-refractivity contribution is -0.133. The minimum atomic E-state index is 0.0888. The number of amides is 2. The zero-order chi connectivity index (χ0) is 17.4. The van der Waals surface area contributed by atoms with Crippen LogP contribution in [0.15, 0.2) is 24.3 Å². The first kappa shape index (κ1) is 16.1. The lowest BCUT2D eigenvalue weighted by Gasteiger charge is -2.22. The molecule has 2 aliphatic rings. The minimum absolute atomic E-state index is 0.0888. The number of carbonyl (C=O) groups is 2. The number of rotatable bonds is 3. The van der Waals surface area contributed by atoms with E-state index in [1.807, 2.05) is 34.1 Å². The van der Waals surface area contributed by atoms with Gasteiger partial charge in [0.25, 0.3) is 0 Å². The standard InChI is InChI=1S/C19H24N4O2/c1-14(24)21-9-4-10-22(12-11-21)18(25)13-23-17-6-3-2-5-16(17)20-19(23)15-7-8-15/h2-3,5-6,15H,4,7-13H2,1H3. The molecule has 0 unspecified atom stereocenters. The lowest BCUT2D eigenvalue weighted by Crippen LogP contribution is -2.38. The molecule has 4 rings (SSSR count). The molecule has 2 fully saturated rings. The van der Waals surface area contributed by atoms with E-state index >= 15 is 0 Å². The van der Waals surface area contributed by atoms with Gasteiger partial charge in [0, 0.05) is 39.0 Å². The molecule has 1 aromatic heterocycles. The maximum absolute atomic E-state index is 12.9. The smallest absolute Gasteiger partial charge is 0.242 e. The van der Waals surface area contributed by atoms with Gasteiger partial charge in [-0.15, -0.1) is 0 Å². The van der Waals surface area contributed by atoms with Crippen LogP contribution >= 0.6 is 0 Å². The van der Waals surface area contributed by atoms with Crippen molar-refractivity contribution in [3.8, 4) is 0 Å². The van der Waals surface area contributed by atoms with Crippen molar-refractivity contribution < 1.29 is 9.59 Å². The molecule has 0 bridgehead atoms. The Morgan fingerprint density at radius 1 is 1.08 bits per heavy atom. The van der Waals surface area contributed by atoms with Crippen LogP contribution in [0, 0.1) is 0 Å². The molecule has 132 valence electrons. The molecule has 2 amide bonds. The SMILES string of the molecule is CC(=O)N1CCCN(C(=O)Cn2c(C3CC3)nc3ccccc32)CC1. The molecule has 2 aromatic rings. The number of imidazole rings is 1. The number of benzene rings is 1. The van der Waals surface area contributed by atoms with Gasteiger partial charge >= 0.3 is 0 Å². The van der Waals surface area contributed by atoms with Crippen LogP contribution in [-0.2, 0) is 16.1 Å². The van der Waals surface area contributed by atoms with Crippen LogP contribution in [0.5, 0.6) is 0 Å². The van der Waals surface area contributed by atoms with Crippen LogP contribution in [0.25, 0.3) is 11.0 Å².